The Morgan fingerprint density at radius 3 is 2.19 bits per heavy atom. The molecule has 0 amide bonds. The van der Waals surface area contributed by atoms with E-state index in [1.54, 1.807) is 12.1 Å². The van der Waals surface area contributed by atoms with Crippen LogP contribution >= 0.6 is 11.8 Å². The van der Waals surface area contributed by atoms with E-state index in [0.29, 0.717) is 21.8 Å². The molecule has 0 aliphatic rings. The molecular weight excluding hydrogens is 348 g/mol. The fraction of sp³-hybridized carbons (Fsp3) is 0. The number of hydrogen-bond acceptors (Lipinski definition) is 6. The number of non-ortho nitro benzene ring substituents is 1. The molecule has 0 N–H and O–H groups in total. The molecular formula is C19H10N4O2S. The Balaban J connectivity index is 2.09. The summed E-state index contributed by atoms with van der Waals surface area (Å²) >= 11 is 1.32. The van der Waals surface area contributed by atoms with E-state index in [-0.39, 0.29) is 11.3 Å². The Morgan fingerprint density at radius 1 is 0.962 bits per heavy atom. The van der Waals surface area contributed by atoms with Gasteiger partial charge in [0.25, 0.3) is 5.69 Å². The zero-order chi connectivity index (χ0) is 18.5. The average molecular weight is 358 g/mol. The van der Waals surface area contributed by atoms with Crippen LogP contribution in [0.15, 0.2) is 70.6 Å². The van der Waals surface area contributed by atoms with Gasteiger partial charge >= 0.3 is 0 Å². The van der Waals surface area contributed by atoms with Crippen molar-refractivity contribution in [2.45, 2.75) is 9.92 Å². The summed E-state index contributed by atoms with van der Waals surface area (Å²) in [5, 5.41) is 30.1. The second kappa shape index (κ2) is 7.47. The molecule has 6 nitrogen and oxygen atoms in total. The highest BCUT2D eigenvalue weighted by molar-refractivity contribution is 7.99. The fourth-order valence-electron chi connectivity index (χ4n) is 2.30. The van der Waals surface area contributed by atoms with E-state index < -0.39 is 4.92 Å². The molecule has 0 fully saturated rings. The summed E-state index contributed by atoms with van der Waals surface area (Å²) in [5.41, 5.74) is 1.47. The molecule has 0 unspecified atom stereocenters. The number of nitro benzene ring substituents is 1. The van der Waals surface area contributed by atoms with Crippen LogP contribution in [0.4, 0.5) is 5.69 Å². The first-order chi connectivity index (χ1) is 12.6. The predicted molar refractivity (Wildman–Crippen MR) is 96.3 cm³/mol. The summed E-state index contributed by atoms with van der Waals surface area (Å²) in [6.45, 7) is 0. The molecule has 2 aromatic carbocycles. The summed E-state index contributed by atoms with van der Waals surface area (Å²) < 4.78 is 0. The third-order valence-electron chi connectivity index (χ3n) is 3.54. The van der Waals surface area contributed by atoms with E-state index in [1.165, 1.54) is 30.0 Å². The van der Waals surface area contributed by atoms with Crippen LogP contribution in [0, 0.1) is 32.8 Å². The number of nitro groups is 1. The molecule has 7 heteroatoms. The van der Waals surface area contributed by atoms with E-state index in [0.717, 1.165) is 4.90 Å². The Morgan fingerprint density at radius 2 is 1.62 bits per heavy atom. The maximum absolute atomic E-state index is 10.8. The molecule has 0 spiro atoms. The van der Waals surface area contributed by atoms with Crippen molar-refractivity contribution in [1.82, 2.24) is 4.98 Å². The number of rotatable bonds is 4. The zero-order valence-electron chi connectivity index (χ0n) is 13.3. The predicted octanol–water partition coefficient (Wildman–Crippen LogP) is 4.55. The Hall–Kier alpha value is -3.68. The lowest BCUT2D eigenvalue weighted by Gasteiger charge is -2.09. The van der Waals surface area contributed by atoms with Crippen molar-refractivity contribution in [3.05, 3.63) is 81.9 Å². The molecule has 0 aliphatic heterocycles. The van der Waals surface area contributed by atoms with Crippen molar-refractivity contribution in [1.29, 1.82) is 10.5 Å². The van der Waals surface area contributed by atoms with Crippen molar-refractivity contribution in [3.8, 4) is 23.4 Å². The van der Waals surface area contributed by atoms with E-state index >= 15 is 0 Å². The highest BCUT2D eigenvalue weighted by Crippen LogP contribution is 2.33. The van der Waals surface area contributed by atoms with Crippen LogP contribution in [0.5, 0.6) is 0 Å². The van der Waals surface area contributed by atoms with E-state index in [2.05, 4.69) is 11.1 Å². The molecule has 0 bridgehead atoms. The number of nitrogens with zero attached hydrogens (tertiary/aromatic N) is 4. The molecule has 3 rings (SSSR count). The summed E-state index contributed by atoms with van der Waals surface area (Å²) in [4.78, 5) is 15.7. The first-order valence-corrected chi connectivity index (χ1v) is 8.27. The smallest absolute Gasteiger partial charge is 0.258 e. The van der Waals surface area contributed by atoms with E-state index in [1.807, 2.05) is 36.4 Å². The van der Waals surface area contributed by atoms with Gasteiger partial charge < -0.3 is 0 Å². The molecule has 3 aromatic rings. The lowest BCUT2D eigenvalue weighted by Crippen LogP contribution is -1.96. The number of pyridine rings is 1. The highest BCUT2D eigenvalue weighted by atomic mass is 32.2. The monoisotopic (exact) mass is 358 g/mol. The number of nitriles is 2. The standard InChI is InChI=1S/C19H10N4O2S/c20-11-14-10-15(12-21)19(26-17-4-2-1-3-5-17)22-18(14)13-6-8-16(9-7-13)23(24)25/h1-10H. The van der Waals surface area contributed by atoms with Gasteiger partial charge in [0.2, 0.25) is 0 Å². The number of benzene rings is 2. The van der Waals surface area contributed by atoms with Crippen LogP contribution in [-0.2, 0) is 0 Å². The molecule has 1 heterocycles. The van der Waals surface area contributed by atoms with Gasteiger partial charge in [0.15, 0.2) is 0 Å². The van der Waals surface area contributed by atoms with Crippen molar-refractivity contribution in [3.63, 3.8) is 0 Å². The van der Waals surface area contributed by atoms with Gasteiger partial charge in [0.1, 0.15) is 17.2 Å². The summed E-state index contributed by atoms with van der Waals surface area (Å²) in [7, 11) is 0. The van der Waals surface area contributed by atoms with Crippen LogP contribution in [-0.4, -0.2) is 9.91 Å². The highest BCUT2D eigenvalue weighted by Gasteiger charge is 2.15. The second-order valence-electron chi connectivity index (χ2n) is 5.18. The van der Waals surface area contributed by atoms with Crippen molar-refractivity contribution < 1.29 is 4.92 Å². The molecule has 0 radical (unpaired) electrons. The van der Waals surface area contributed by atoms with Gasteiger partial charge in [-0.05, 0) is 30.3 Å². The topological polar surface area (TPSA) is 104 Å². The first kappa shape index (κ1) is 17.2. The minimum absolute atomic E-state index is 0.0419. The van der Waals surface area contributed by atoms with Gasteiger partial charge in [-0.15, -0.1) is 0 Å². The lowest BCUT2D eigenvalue weighted by atomic mass is 10.0. The largest absolute Gasteiger partial charge is 0.269 e. The molecule has 0 saturated carbocycles. The van der Waals surface area contributed by atoms with Crippen molar-refractivity contribution in [2.75, 3.05) is 0 Å². The average Bonchev–Trinajstić information content (AvgIpc) is 2.68. The summed E-state index contributed by atoms with van der Waals surface area (Å²) in [5.74, 6) is 0. The van der Waals surface area contributed by atoms with Gasteiger partial charge in [-0.25, -0.2) is 4.98 Å². The van der Waals surface area contributed by atoms with Crippen molar-refractivity contribution in [2.24, 2.45) is 0 Å². The van der Waals surface area contributed by atoms with Crippen LogP contribution < -0.4 is 0 Å². The Labute approximate surface area is 153 Å². The third kappa shape index (κ3) is 3.54. The maximum atomic E-state index is 10.8. The molecule has 124 valence electrons. The van der Waals surface area contributed by atoms with Gasteiger partial charge in [-0.2, -0.15) is 10.5 Å². The molecule has 0 aliphatic carbocycles. The van der Waals surface area contributed by atoms with Gasteiger partial charge in [0.05, 0.1) is 21.7 Å². The van der Waals surface area contributed by atoms with Crippen molar-refractivity contribution >= 4 is 17.4 Å². The van der Waals surface area contributed by atoms with Gasteiger partial charge in [-0.3, -0.25) is 10.1 Å². The minimum atomic E-state index is -0.488. The second-order valence-corrected chi connectivity index (χ2v) is 6.24. The van der Waals surface area contributed by atoms with Crippen LogP contribution in [0.3, 0.4) is 0 Å². The normalized spacial score (nSPS) is 9.92. The van der Waals surface area contributed by atoms with E-state index in [4.69, 9.17) is 0 Å². The summed E-state index contributed by atoms with van der Waals surface area (Å²) in [6, 6.07) is 20.9. The number of aromatic nitrogens is 1. The lowest BCUT2D eigenvalue weighted by molar-refractivity contribution is -0.384. The Kier molecular flexibility index (Phi) is 4.93. The summed E-state index contributed by atoms with van der Waals surface area (Å²) in [6.07, 6.45) is 0. The zero-order valence-corrected chi connectivity index (χ0v) is 14.1. The fourth-order valence-corrected chi connectivity index (χ4v) is 3.17. The van der Waals surface area contributed by atoms with Gasteiger partial charge in [0, 0.05) is 22.6 Å². The van der Waals surface area contributed by atoms with Gasteiger partial charge in [-0.1, -0.05) is 30.0 Å². The molecule has 0 saturated heterocycles. The Bertz CT molecular complexity index is 1050. The van der Waals surface area contributed by atoms with Crippen LogP contribution in [0.25, 0.3) is 11.3 Å². The number of hydrogen-bond donors (Lipinski definition) is 0. The minimum Gasteiger partial charge on any atom is -0.258 e. The maximum Gasteiger partial charge on any atom is 0.269 e. The van der Waals surface area contributed by atoms with E-state index in [9.17, 15) is 20.6 Å². The SMILES string of the molecule is N#Cc1cc(C#N)c(-c2ccc([N+](=O)[O-])cc2)nc1Sc1ccccc1. The molecule has 0 atom stereocenters. The quantitative estimate of drug-likeness (QED) is 0.500. The molecule has 26 heavy (non-hydrogen) atoms. The molecule has 1 aromatic heterocycles. The third-order valence-corrected chi connectivity index (χ3v) is 4.55. The first-order valence-electron chi connectivity index (χ1n) is 7.45. The van der Waals surface area contributed by atoms with Crippen LogP contribution in [0.1, 0.15) is 11.1 Å². The van der Waals surface area contributed by atoms with Crippen LogP contribution in [0.2, 0.25) is 0 Å².